The zero-order valence-corrected chi connectivity index (χ0v) is 15.5. The normalized spacial score (nSPS) is 11.5. The molecular formula is C18H23F2N3O3. The van der Waals surface area contributed by atoms with Gasteiger partial charge in [-0.1, -0.05) is 0 Å². The molecule has 1 heterocycles. The van der Waals surface area contributed by atoms with Crippen LogP contribution in [0.15, 0.2) is 24.4 Å². The van der Waals surface area contributed by atoms with Crippen molar-refractivity contribution in [1.29, 1.82) is 0 Å². The maximum Gasteiger partial charge on any atom is 0.273 e. The third-order valence-corrected chi connectivity index (χ3v) is 3.59. The first-order chi connectivity index (χ1) is 12.1. The number of nitrogens with zero attached hydrogens (tertiary/aromatic N) is 2. The van der Waals surface area contributed by atoms with Gasteiger partial charge in [0, 0.05) is 25.2 Å². The van der Waals surface area contributed by atoms with Gasteiger partial charge in [0.1, 0.15) is 0 Å². The van der Waals surface area contributed by atoms with Crippen molar-refractivity contribution >= 4 is 5.91 Å². The molecule has 0 spiro atoms. The molecule has 0 atom stereocenters. The van der Waals surface area contributed by atoms with Gasteiger partial charge in [-0.15, -0.1) is 0 Å². The second kappa shape index (κ2) is 7.72. The maximum atomic E-state index is 13.6. The molecule has 0 saturated heterocycles. The number of carbonyl (C=O) groups excluding carboxylic acids is 1. The highest BCUT2D eigenvalue weighted by molar-refractivity contribution is 5.77. The molecule has 0 unspecified atom stereocenters. The highest BCUT2D eigenvalue weighted by Crippen LogP contribution is 2.32. The third-order valence-electron chi connectivity index (χ3n) is 3.59. The number of hydrogen-bond acceptors (Lipinski definition) is 4. The summed E-state index contributed by atoms with van der Waals surface area (Å²) in [5, 5.41) is 6.86. The fraction of sp³-hybridized carbons (Fsp3) is 0.444. The van der Waals surface area contributed by atoms with Gasteiger partial charge >= 0.3 is 0 Å². The Morgan fingerprint density at radius 2 is 2.04 bits per heavy atom. The molecule has 1 N–H and O–H groups in total. The predicted octanol–water partition coefficient (Wildman–Crippen LogP) is 3.20. The molecule has 2 rings (SSSR count). The highest BCUT2D eigenvalue weighted by atomic mass is 19.3. The number of carbonyl (C=O) groups is 1. The zero-order chi connectivity index (χ0) is 19.5. The van der Waals surface area contributed by atoms with Crippen LogP contribution in [0.1, 0.15) is 32.0 Å². The summed E-state index contributed by atoms with van der Waals surface area (Å²) in [6.07, 6.45) is 1.29. The molecule has 1 aromatic carbocycles. The van der Waals surface area contributed by atoms with Gasteiger partial charge in [0.25, 0.3) is 11.8 Å². The van der Waals surface area contributed by atoms with E-state index in [0.717, 1.165) is 6.92 Å². The number of halogens is 2. The van der Waals surface area contributed by atoms with Crippen LogP contribution in [-0.4, -0.2) is 35.4 Å². The molecule has 0 aliphatic heterocycles. The molecule has 142 valence electrons. The molecule has 26 heavy (non-hydrogen) atoms. The molecule has 2 aromatic rings. The number of benzene rings is 1. The van der Waals surface area contributed by atoms with E-state index in [1.807, 2.05) is 13.8 Å². The van der Waals surface area contributed by atoms with Crippen molar-refractivity contribution in [2.45, 2.75) is 39.7 Å². The minimum Gasteiger partial charge on any atom is -0.493 e. The average molecular weight is 367 g/mol. The van der Waals surface area contributed by atoms with E-state index in [-0.39, 0.29) is 29.8 Å². The summed E-state index contributed by atoms with van der Waals surface area (Å²) < 4.78 is 39.3. The molecular weight excluding hydrogens is 344 g/mol. The molecule has 1 amide bonds. The lowest BCUT2D eigenvalue weighted by atomic mass is 10.1. The van der Waals surface area contributed by atoms with Crippen LogP contribution in [0, 0.1) is 6.92 Å². The van der Waals surface area contributed by atoms with E-state index in [1.165, 1.54) is 24.9 Å². The van der Waals surface area contributed by atoms with Gasteiger partial charge < -0.3 is 14.8 Å². The number of rotatable bonds is 7. The lowest BCUT2D eigenvalue weighted by Crippen LogP contribution is -2.34. The monoisotopic (exact) mass is 367 g/mol. The Morgan fingerprint density at radius 3 is 2.58 bits per heavy atom. The summed E-state index contributed by atoms with van der Waals surface area (Å²) in [6, 6.07) is 4.89. The average Bonchev–Trinajstić information content (AvgIpc) is 2.94. The number of hydrogen-bond donors (Lipinski definition) is 1. The van der Waals surface area contributed by atoms with Crippen LogP contribution in [0.25, 0.3) is 5.69 Å². The van der Waals surface area contributed by atoms with Crippen molar-refractivity contribution < 1.29 is 23.0 Å². The van der Waals surface area contributed by atoms with Crippen molar-refractivity contribution in [2.24, 2.45) is 0 Å². The molecule has 8 heteroatoms. The Kier molecular flexibility index (Phi) is 5.84. The van der Waals surface area contributed by atoms with Gasteiger partial charge in [-0.2, -0.15) is 5.10 Å². The van der Waals surface area contributed by atoms with Gasteiger partial charge in [-0.25, -0.2) is 13.5 Å². The summed E-state index contributed by atoms with van der Waals surface area (Å²) in [5.74, 6) is -2.47. The molecule has 0 radical (unpaired) electrons. The van der Waals surface area contributed by atoms with Crippen molar-refractivity contribution in [3.05, 3.63) is 35.7 Å². The summed E-state index contributed by atoms with van der Waals surface area (Å²) >= 11 is 0. The van der Waals surface area contributed by atoms with Crippen LogP contribution in [0.2, 0.25) is 0 Å². The van der Waals surface area contributed by atoms with Crippen molar-refractivity contribution in [1.82, 2.24) is 15.1 Å². The minimum atomic E-state index is -2.97. The van der Waals surface area contributed by atoms with Crippen molar-refractivity contribution in [3.63, 3.8) is 0 Å². The number of nitrogens with one attached hydrogen (secondary N) is 1. The second-order valence-corrected chi connectivity index (χ2v) is 6.31. The maximum absolute atomic E-state index is 13.6. The Bertz CT molecular complexity index is 782. The molecule has 0 fully saturated rings. The van der Waals surface area contributed by atoms with E-state index in [1.54, 1.807) is 18.2 Å². The van der Waals surface area contributed by atoms with Crippen LogP contribution in [0.4, 0.5) is 8.78 Å². The number of ether oxygens (including phenoxy) is 2. The standard InChI is InChI=1S/C18H23F2N3O3/c1-11(2)21-17(24)10-26-15-7-6-13(8-16(15)25-5)23-9-14(12(3)22-23)18(4,19)20/h6-9,11H,10H2,1-5H3,(H,21,24). The Morgan fingerprint density at radius 1 is 1.35 bits per heavy atom. The lowest BCUT2D eigenvalue weighted by molar-refractivity contribution is -0.123. The van der Waals surface area contributed by atoms with E-state index in [2.05, 4.69) is 10.4 Å². The summed E-state index contributed by atoms with van der Waals surface area (Å²) in [4.78, 5) is 11.7. The first-order valence-corrected chi connectivity index (χ1v) is 8.17. The predicted molar refractivity (Wildman–Crippen MR) is 93.2 cm³/mol. The largest absolute Gasteiger partial charge is 0.493 e. The van der Waals surface area contributed by atoms with Gasteiger partial charge in [0.05, 0.1) is 24.1 Å². The van der Waals surface area contributed by atoms with E-state index in [4.69, 9.17) is 9.47 Å². The second-order valence-electron chi connectivity index (χ2n) is 6.31. The van der Waals surface area contributed by atoms with Crippen LogP contribution >= 0.6 is 0 Å². The first kappa shape index (κ1) is 19.7. The number of aromatic nitrogens is 2. The van der Waals surface area contributed by atoms with Gasteiger partial charge in [-0.05, 0) is 32.9 Å². The van der Waals surface area contributed by atoms with E-state index >= 15 is 0 Å². The molecule has 0 aliphatic rings. The van der Waals surface area contributed by atoms with Crippen LogP contribution in [0.3, 0.4) is 0 Å². The summed E-state index contributed by atoms with van der Waals surface area (Å²) in [6.45, 7) is 5.92. The van der Waals surface area contributed by atoms with Gasteiger partial charge in [-0.3, -0.25) is 4.79 Å². The Hall–Kier alpha value is -2.64. The lowest BCUT2D eigenvalue weighted by Gasteiger charge is -2.13. The van der Waals surface area contributed by atoms with E-state index in [0.29, 0.717) is 17.2 Å². The van der Waals surface area contributed by atoms with Gasteiger partial charge in [0.15, 0.2) is 18.1 Å². The Balaban J connectivity index is 2.22. The fourth-order valence-corrected chi connectivity index (χ4v) is 2.45. The van der Waals surface area contributed by atoms with Crippen molar-refractivity contribution in [3.8, 4) is 17.2 Å². The molecule has 0 bridgehead atoms. The summed E-state index contributed by atoms with van der Waals surface area (Å²) in [5.41, 5.74) is 0.656. The van der Waals surface area contributed by atoms with Crippen molar-refractivity contribution in [2.75, 3.05) is 13.7 Å². The smallest absolute Gasteiger partial charge is 0.273 e. The molecule has 0 aliphatic carbocycles. The number of methoxy groups -OCH3 is 1. The minimum absolute atomic E-state index is 0.0179. The number of alkyl halides is 2. The van der Waals surface area contributed by atoms with Crippen LogP contribution in [0.5, 0.6) is 11.5 Å². The van der Waals surface area contributed by atoms with Crippen LogP contribution in [-0.2, 0) is 10.7 Å². The zero-order valence-electron chi connectivity index (χ0n) is 15.5. The number of amides is 1. The first-order valence-electron chi connectivity index (χ1n) is 8.17. The Labute approximate surface area is 151 Å². The molecule has 1 aromatic heterocycles. The van der Waals surface area contributed by atoms with E-state index < -0.39 is 5.92 Å². The highest BCUT2D eigenvalue weighted by Gasteiger charge is 2.29. The fourth-order valence-electron chi connectivity index (χ4n) is 2.45. The molecule has 0 saturated carbocycles. The molecule has 6 nitrogen and oxygen atoms in total. The quantitative estimate of drug-likeness (QED) is 0.816. The third kappa shape index (κ3) is 4.71. The number of aryl methyl sites for hydroxylation is 1. The topological polar surface area (TPSA) is 65.4 Å². The SMILES string of the molecule is COc1cc(-n2cc(C(C)(F)F)c(C)n2)ccc1OCC(=O)NC(C)C. The summed E-state index contributed by atoms with van der Waals surface area (Å²) in [7, 11) is 1.46. The van der Waals surface area contributed by atoms with Crippen LogP contribution < -0.4 is 14.8 Å². The van der Waals surface area contributed by atoms with Gasteiger partial charge in [0.2, 0.25) is 0 Å². The van der Waals surface area contributed by atoms with E-state index in [9.17, 15) is 13.6 Å².